The maximum atomic E-state index is 6.89. The molecular weight excluding hydrogens is 877 g/mol. The normalized spacial score (nSPS) is 12.0. The third-order valence-corrected chi connectivity index (χ3v) is 15.0. The van der Waals surface area contributed by atoms with Crippen molar-refractivity contribution in [3.05, 3.63) is 218 Å². The predicted molar refractivity (Wildman–Crippen MR) is 289 cm³/mol. The Bertz CT molecular complexity index is 4600. The first-order valence-electron chi connectivity index (χ1n) is 23.4. The molecule has 10 aromatic carbocycles. The Labute approximate surface area is 404 Å². The SMILES string of the molecule is c1ccc(-c2ccc3c(c2)c2ccccc2n3-c2nc(-c3ccccc3)nc(-c3cccc4oc5ccc(-c6cccc7oc8c(-c9cccc%10sc%11ccccc%11c9%10)cccc8c67)cc5c34)n2)cc1. The Hall–Kier alpha value is -9.17. The van der Waals surface area contributed by atoms with Crippen LogP contribution in [0.4, 0.5) is 0 Å². The third kappa shape index (κ3) is 5.89. The first-order valence-corrected chi connectivity index (χ1v) is 24.2. The lowest BCUT2D eigenvalue weighted by Gasteiger charge is -2.11. The van der Waals surface area contributed by atoms with E-state index in [1.165, 1.54) is 31.3 Å². The van der Waals surface area contributed by atoms with Gasteiger partial charge in [-0.3, -0.25) is 4.57 Å². The van der Waals surface area contributed by atoms with Crippen LogP contribution in [0.2, 0.25) is 0 Å². The van der Waals surface area contributed by atoms with Crippen molar-refractivity contribution in [1.29, 1.82) is 0 Å². The molecular formula is C63H36N4O2S. The average Bonchev–Trinajstić information content (AvgIpc) is 4.20. The minimum absolute atomic E-state index is 0.536. The van der Waals surface area contributed by atoms with Crippen molar-refractivity contribution in [2.75, 3.05) is 0 Å². The zero-order valence-corrected chi connectivity index (χ0v) is 38.1. The van der Waals surface area contributed by atoms with Crippen molar-refractivity contribution >= 4 is 97.2 Å². The lowest BCUT2D eigenvalue weighted by molar-refractivity contribution is 0.669. The number of thiophene rings is 1. The van der Waals surface area contributed by atoms with Crippen LogP contribution in [0.5, 0.6) is 0 Å². The fourth-order valence-electron chi connectivity index (χ4n) is 10.8. The van der Waals surface area contributed by atoms with Gasteiger partial charge in [0.15, 0.2) is 11.6 Å². The fourth-order valence-corrected chi connectivity index (χ4v) is 11.9. The van der Waals surface area contributed by atoms with Crippen molar-refractivity contribution < 1.29 is 8.83 Å². The molecule has 7 heteroatoms. The van der Waals surface area contributed by atoms with E-state index in [0.717, 1.165) is 99.1 Å². The van der Waals surface area contributed by atoms with E-state index in [-0.39, 0.29) is 0 Å². The maximum absolute atomic E-state index is 6.89. The fraction of sp³-hybridized carbons (Fsp3) is 0. The van der Waals surface area contributed by atoms with Gasteiger partial charge in [0.1, 0.15) is 22.3 Å². The highest BCUT2D eigenvalue weighted by molar-refractivity contribution is 7.26. The molecule has 0 radical (unpaired) electrons. The van der Waals surface area contributed by atoms with E-state index in [2.05, 4.69) is 193 Å². The molecule has 0 spiro atoms. The van der Waals surface area contributed by atoms with Crippen molar-refractivity contribution in [3.8, 4) is 62.1 Å². The maximum Gasteiger partial charge on any atom is 0.238 e. The Kier molecular flexibility index (Phi) is 8.43. The highest BCUT2D eigenvalue weighted by Gasteiger charge is 2.23. The molecule has 0 aliphatic heterocycles. The van der Waals surface area contributed by atoms with E-state index < -0.39 is 0 Å². The minimum Gasteiger partial charge on any atom is -0.456 e. The van der Waals surface area contributed by atoms with Crippen LogP contribution in [-0.4, -0.2) is 19.5 Å². The molecule has 0 unspecified atom stereocenters. The molecule has 0 fully saturated rings. The molecule has 15 rings (SSSR count). The topological polar surface area (TPSA) is 69.9 Å². The number of hydrogen-bond donors (Lipinski definition) is 0. The Morgan fingerprint density at radius 3 is 1.81 bits per heavy atom. The van der Waals surface area contributed by atoms with Gasteiger partial charge in [-0.1, -0.05) is 164 Å². The van der Waals surface area contributed by atoms with Crippen molar-refractivity contribution in [1.82, 2.24) is 19.5 Å². The highest BCUT2D eigenvalue weighted by Crippen LogP contribution is 2.46. The van der Waals surface area contributed by atoms with E-state index in [1.807, 2.05) is 41.7 Å². The van der Waals surface area contributed by atoms with Crippen LogP contribution in [0.1, 0.15) is 0 Å². The molecule has 6 nitrogen and oxygen atoms in total. The summed E-state index contributed by atoms with van der Waals surface area (Å²) in [6, 6.07) is 76.6. The number of para-hydroxylation sites is 2. The summed E-state index contributed by atoms with van der Waals surface area (Å²) in [5.41, 5.74) is 13.7. The van der Waals surface area contributed by atoms with Gasteiger partial charge in [0.2, 0.25) is 5.95 Å². The second-order valence-electron chi connectivity index (χ2n) is 17.8. The quantitative estimate of drug-likeness (QED) is 0.166. The number of benzene rings is 10. The Morgan fingerprint density at radius 2 is 0.943 bits per heavy atom. The average molecular weight is 913 g/mol. The van der Waals surface area contributed by atoms with E-state index in [9.17, 15) is 0 Å². The number of nitrogens with zero attached hydrogens (tertiary/aromatic N) is 4. The summed E-state index contributed by atoms with van der Waals surface area (Å²) in [7, 11) is 0. The molecule has 70 heavy (non-hydrogen) atoms. The molecule has 0 aliphatic carbocycles. The van der Waals surface area contributed by atoms with Gasteiger partial charge in [0, 0.05) is 69.2 Å². The Balaban J connectivity index is 0.921. The standard InChI is InChI=1S/C63H36N4O2S/c1-3-15-37(16-4-1)39-31-33-51-48(35-39)42-19-7-9-26-50(42)67(51)63-65-61(38-17-5-2-6-18-38)64-62(66-63)47-25-13-27-53-58(47)49-36-40(32-34-52(49)68-53)41-21-12-28-54-57(41)46-24-11-23-44(60(46)69-54)43-22-14-30-56-59(43)45-20-8-10-29-55(45)70-56/h1-36H. The molecule has 15 aromatic rings. The summed E-state index contributed by atoms with van der Waals surface area (Å²) in [6.07, 6.45) is 0. The lowest BCUT2D eigenvalue weighted by Crippen LogP contribution is -2.06. The molecule has 0 saturated heterocycles. The summed E-state index contributed by atoms with van der Waals surface area (Å²) >= 11 is 1.83. The van der Waals surface area contributed by atoms with Crippen LogP contribution in [0.3, 0.4) is 0 Å². The predicted octanol–water partition coefficient (Wildman–Crippen LogP) is 17.5. The molecule has 0 amide bonds. The monoisotopic (exact) mass is 912 g/mol. The molecule has 5 heterocycles. The summed E-state index contributed by atoms with van der Waals surface area (Å²) < 4.78 is 18.3. The van der Waals surface area contributed by atoms with E-state index in [0.29, 0.717) is 17.6 Å². The zero-order valence-electron chi connectivity index (χ0n) is 37.3. The van der Waals surface area contributed by atoms with Crippen LogP contribution in [0, 0.1) is 0 Å². The van der Waals surface area contributed by atoms with Gasteiger partial charge in [-0.25, -0.2) is 4.98 Å². The molecule has 0 saturated carbocycles. The summed E-state index contributed by atoms with van der Waals surface area (Å²) in [5.74, 6) is 1.67. The van der Waals surface area contributed by atoms with Gasteiger partial charge in [-0.2, -0.15) is 9.97 Å². The first kappa shape index (κ1) is 38.9. The number of hydrogen-bond acceptors (Lipinski definition) is 6. The number of furan rings is 2. The second kappa shape index (κ2) is 15.2. The molecule has 0 aliphatic rings. The van der Waals surface area contributed by atoms with E-state index in [4.69, 9.17) is 23.8 Å². The number of fused-ring (bicyclic) bond motifs is 12. The minimum atomic E-state index is 0.536. The van der Waals surface area contributed by atoms with E-state index >= 15 is 0 Å². The second-order valence-corrected chi connectivity index (χ2v) is 18.9. The van der Waals surface area contributed by atoms with E-state index in [1.54, 1.807) is 0 Å². The van der Waals surface area contributed by atoms with Crippen LogP contribution in [0.15, 0.2) is 227 Å². The third-order valence-electron chi connectivity index (χ3n) is 13.9. The van der Waals surface area contributed by atoms with Gasteiger partial charge in [-0.05, 0) is 82.4 Å². The van der Waals surface area contributed by atoms with Gasteiger partial charge < -0.3 is 8.83 Å². The molecule has 0 atom stereocenters. The van der Waals surface area contributed by atoms with Crippen molar-refractivity contribution in [2.24, 2.45) is 0 Å². The van der Waals surface area contributed by atoms with Crippen molar-refractivity contribution in [3.63, 3.8) is 0 Å². The summed E-state index contributed by atoms with van der Waals surface area (Å²) in [5, 5.41) is 8.83. The number of rotatable bonds is 6. The molecule has 0 N–H and O–H groups in total. The van der Waals surface area contributed by atoms with Gasteiger partial charge in [0.05, 0.1) is 11.0 Å². The van der Waals surface area contributed by atoms with Gasteiger partial charge in [-0.15, -0.1) is 11.3 Å². The van der Waals surface area contributed by atoms with Crippen LogP contribution in [0.25, 0.3) is 148 Å². The van der Waals surface area contributed by atoms with Crippen molar-refractivity contribution in [2.45, 2.75) is 0 Å². The van der Waals surface area contributed by atoms with Crippen LogP contribution < -0.4 is 0 Å². The Morgan fingerprint density at radius 1 is 0.329 bits per heavy atom. The number of aromatic nitrogens is 4. The largest absolute Gasteiger partial charge is 0.456 e. The van der Waals surface area contributed by atoms with Crippen LogP contribution >= 0.6 is 11.3 Å². The molecule has 326 valence electrons. The summed E-state index contributed by atoms with van der Waals surface area (Å²) in [6.45, 7) is 0. The lowest BCUT2D eigenvalue weighted by atomic mass is 9.95. The van der Waals surface area contributed by atoms with Crippen LogP contribution in [-0.2, 0) is 0 Å². The molecule has 5 aromatic heterocycles. The smallest absolute Gasteiger partial charge is 0.238 e. The highest BCUT2D eigenvalue weighted by atomic mass is 32.1. The van der Waals surface area contributed by atoms with Gasteiger partial charge in [0.25, 0.3) is 0 Å². The first-order chi connectivity index (χ1) is 34.7. The zero-order chi connectivity index (χ0) is 45.9. The van der Waals surface area contributed by atoms with Gasteiger partial charge >= 0.3 is 0 Å². The molecule has 0 bridgehead atoms. The summed E-state index contributed by atoms with van der Waals surface area (Å²) in [4.78, 5) is 15.9.